The van der Waals surface area contributed by atoms with Gasteiger partial charge in [0, 0.05) is 22.2 Å². The van der Waals surface area contributed by atoms with Crippen molar-refractivity contribution in [3.05, 3.63) is 6.42 Å². The molecule has 0 atom stereocenters. The molecule has 0 aromatic heterocycles. The van der Waals surface area contributed by atoms with Gasteiger partial charge in [0.25, 0.3) is 0 Å². The number of aliphatic hydroxyl groups excluding tert-OH is 1. The summed E-state index contributed by atoms with van der Waals surface area (Å²) >= 11 is 0. The molecule has 0 spiro atoms. The zero-order chi connectivity index (χ0) is 23.3. The molecule has 2 saturated heterocycles. The Bertz CT molecular complexity index is 511. The van der Waals surface area contributed by atoms with E-state index in [4.69, 9.17) is 9.68 Å². The van der Waals surface area contributed by atoms with Gasteiger partial charge < -0.3 is 5.11 Å². The van der Waals surface area contributed by atoms with Crippen LogP contribution in [-0.2, 0) is 9.68 Å². The Morgan fingerprint density at radius 2 is 1.00 bits per heavy atom. The van der Waals surface area contributed by atoms with E-state index in [0.717, 1.165) is 51.7 Å². The highest BCUT2D eigenvalue weighted by molar-refractivity contribution is 5.00. The monoisotopic (exact) mass is 439 g/mol. The molecule has 31 heavy (non-hydrogen) atoms. The van der Waals surface area contributed by atoms with Gasteiger partial charge in [0.05, 0.1) is 19.3 Å². The number of hydroxylamine groups is 4. The van der Waals surface area contributed by atoms with Crippen LogP contribution in [0.3, 0.4) is 0 Å². The van der Waals surface area contributed by atoms with Crippen molar-refractivity contribution in [3.8, 4) is 0 Å². The molecule has 5 nitrogen and oxygen atoms in total. The number of hydrogen-bond donors (Lipinski definition) is 1. The van der Waals surface area contributed by atoms with Crippen molar-refractivity contribution in [3.63, 3.8) is 0 Å². The van der Waals surface area contributed by atoms with E-state index in [2.05, 4.69) is 71.9 Å². The van der Waals surface area contributed by atoms with Crippen LogP contribution in [-0.4, -0.2) is 56.7 Å². The fourth-order valence-electron chi connectivity index (χ4n) is 5.90. The molecule has 2 heterocycles. The Hall–Kier alpha value is -0.200. The van der Waals surface area contributed by atoms with Crippen molar-refractivity contribution >= 4 is 0 Å². The predicted molar refractivity (Wildman–Crippen MR) is 128 cm³/mol. The molecular weight excluding hydrogens is 388 g/mol. The van der Waals surface area contributed by atoms with E-state index >= 15 is 0 Å². The van der Waals surface area contributed by atoms with Crippen LogP contribution in [0.25, 0.3) is 0 Å². The maximum absolute atomic E-state index is 10.2. The van der Waals surface area contributed by atoms with Gasteiger partial charge in [-0.25, -0.2) is 0 Å². The van der Waals surface area contributed by atoms with E-state index in [1.807, 2.05) is 0 Å². The lowest BCUT2D eigenvalue weighted by atomic mass is 9.80. The van der Waals surface area contributed by atoms with Gasteiger partial charge in [-0.2, -0.15) is 10.1 Å². The minimum atomic E-state index is -0.237. The second-order valence-electron chi connectivity index (χ2n) is 12.4. The molecule has 2 aliphatic rings. The first-order chi connectivity index (χ1) is 14.3. The van der Waals surface area contributed by atoms with Crippen LogP contribution < -0.4 is 0 Å². The van der Waals surface area contributed by atoms with Crippen molar-refractivity contribution < 1.29 is 14.8 Å². The van der Waals surface area contributed by atoms with Crippen LogP contribution in [0.5, 0.6) is 0 Å². The number of rotatable bonds is 11. The molecule has 2 aliphatic heterocycles. The molecule has 5 heteroatoms. The molecule has 0 unspecified atom stereocenters. The van der Waals surface area contributed by atoms with Crippen molar-refractivity contribution in [1.29, 1.82) is 0 Å². The van der Waals surface area contributed by atoms with Gasteiger partial charge >= 0.3 is 0 Å². The minimum absolute atomic E-state index is 0.0807. The maximum atomic E-state index is 10.2. The zero-order valence-electron chi connectivity index (χ0n) is 21.8. The van der Waals surface area contributed by atoms with E-state index in [1.54, 1.807) is 0 Å². The SMILES string of the molecule is CC1(C)C[CH]CC(C)(C)N1OCCCCCCCCON1C(C)(C)CC(O)CC1(C)C. The van der Waals surface area contributed by atoms with Crippen molar-refractivity contribution in [2.75, 3.05) is 13.2 Å². The highest BCUT2D eigenvalue weighted by Gasteiger charge is 2.46. The van der Waals surface area contributed by atoms with Crippen molar-refractivity contribution in [2.24, 2.45) is 0 Å². The van der Waals surface area contributed by atoms with Gasteiger partial charge in [0.1, 0.15) is 0 Å². The number of unbranched alkanes of at least 4 members (excludes halogenated alkanes) is 5. The third kappa shape index (κ3) is 7.67. The first-order valence-corrected chi connectivity index (χ1v) is 12.6. The number of piperidine rings is 2. The van der Waals surface area contributed by atoms with Gasteiger partial charge in [-0.15, -0.1) is 0 Å². The van der Waals surface area contributed by atoms with E-state index < -0.39 is 0 Å². The summed E-state index contributed by atoms with van der Waals surface area (Å²) in [4.78, 5) is 12.4. The van der Waals surface area contributed by atoms with E-state index in [9.17, 15) is 5.11 Å². The third-order valence-electron chi connectivity index (χ3n) is 6.94. The van der Waals surface area contributed by atoms with Crippen LogP contribution in [0.15, 0.2) is 0 Å². The number of hydrogen-bond acceptors (Lipinski definition) is 5. The summed E-state index contributed by atoms with van der Waals surface area (Å²) in [6.45, 7) is 19.4. The van der Waals surface area contributed by atoms with Gasteiger partial charge in [0.2, 0.25) is 0 Å². The summed E-state index contributed by atoms with van der Waals surface area (Å²) in [5, 5.41) is 14.6. The molecule has 1 radical (unpaired) electrons. The average molecular weight is 440 g/mol. The zero-order valence-corrected chi connectivity index (χ0v) is 21.8. The van der Waals surface area contributed by atoms with E-state index in [0.29, 0.717) is 0 Å². The smallest absolute Gasteiger partial charge is 0.0685 e. The Morgan fingerprint density at radius 1 is 0.645 bits per heavy atom. The Balaban J connectivity index is 1.55. The molecule has 2 fully saturated rings. The molecule has 0 aliphatic carbocycles. The fraction of sp³-hybridized carbons (Fsp3) is 0.962. The molecule has 0 amide bonds. The van der Waals surface area contributed by atoms with Crippen LogP contribution in [0, 0.1) is 6.42 Å². The predicted octanol–water partition coefficient (Wildman–Crippen LogP) is 6.06. The van der Waals surface area contributed by atoms with E-state index in [-0.39, 0.29) is 28.3 Å². The molecule has 0 bridgehead atoms. The van der Waals surface area contributed by atoms with Crippen LogP contribution in [0.1, 0.15) is 120 Å². The molecule has 183 valence electrons. The molecule has 2 rings (SSSR count). The second-order valence-corrected chi connectivity index (χ2v) is 12.4. The minimum Gasteiger partial charge on any atom is -0.393 e. The van der Waals surface area contributed by atoms with E-state index in [1.165, 1.54) is 25.7 Å². The van der Waals surface area contributed by atoms with Gasteiger partial charge in [-0.05, 0) is 100 Å². The van der Waals surface area contributed by atoms with Gasteiger partial charge in [0.15, 0.2) is 0 Å². The lowest BCUT2D eigenvalue weighted by Gasteiger charge is -2.52. The molecule has 0 aromatic rings. The summed E-state index contributed by atoms with van der Waals surface area (Å²) in [7, 11) is 0. The molecular formula is C26H51N2O3. The summed E-state index contributed by atoms with van der Waals surface area (Å²) in [6, 6.07) is 0. The third-order valence-corrected chi connectivity index (χ3v) is 6.94. The van der Waals surface area contributed by atoms with Crippen LogP contribution >= 0.6 is 0 Å². The Labute approximate surface area is 192 Å². The molecule has 1 N–H and O–H groups in total. The Morgan fingerprint density at radius 3 is 1.42 bits per heavy atom. The van der Waals surface area contributed by atoms with Crippen molar-refractivity contribution in [1.82, 2.24) is 10.1 Å². The topological polar surface area (TPSA) is 45.2 Å². The average Bonchev–Trinajstić information content (AvgIpc) is 2.58. The maximum Gasteiger partial charge on any atom is 0.0685 e. The number of aliphatic hydroxyl groups is 1. The van der Waals surface area contributed by atoms with Crippen LogP contribution in [0.4, 0.5) is 0 Å². The quantitative estimate of drug-likeness (QED) is 0.396. The van der Waals surface area contributed by atoms with Crippen molar-refractivity contribution in [2.45, 2.75) is 148 Å². The lowest BCUT2D eigenvalue weighted by molar-refractivity contribution is -0.292. The van der Waals surface area contributed by atoms with Gasteiger partial charge in [-0.3, -0.25) is 9.68 Å². The highest BCUT2D eigenvalue weighted by atomic mass is 16.7. The lowest BCUT2D eigenvalue weighted by Crippen LogP contribution is -2.61. The summed E-state index contributed by atoms with van der Waals surface area (Å²) in [6.07, 6.45) is 13.0. The first-order valence-electron chi connectivity index (χ1n) is 12.6. The number of nitrogens with zero attached hydrogens (tertiary/aromatic N) is 2. The normalized spacial score (nSPS) is 26.2. The largest absolute Gasteiger partial charge is 0.393 e. The second kappa shape index (κ2) is 10.8. The standard InChI is InChI=1S/C26H51N2O3/c1-23(2)16-15-17-24(3,4)27(23)30-18-13-11-9-10-12-14-19-31-28-25(5,6)20-22(29)21-26(28,7)8/h15,22,29H,9-14,16-21H2,1-8H3. The molecule has 0 aromatic carbocycles. The fourth-order valence-corrected chi connectivity index (χ4v) is 5.90. The first kappa shape index (κ1) is 27.0. The van der Waals surface area contributed by atoms with Crippen LogP contribution in [0.2, 0.25) is 0 Å². The summed E-state index contributed by atoms with van der Waals surface area (Å²) < 4.78 is 0. The Kier molecular flexibility index (Phi) is 9.44. The molecule has 0 saturated carbocycles. The summed E-state index contributed by atoms with van der Waals surface area (Å²) in [5.74, 6) is 0. The summed E-state index contributed by atoms with van der Waals surface area (Å²) in [5.41, 5.74) is -0.0952. The van der Waals surface area contributed by atoms with Gasteiger partial charge in [-0.1, -0.05) is 25.7 Å². The highest BCUT2D eigenvalue weighted by Crippen LogP contribution is 2.39.